The topological polar surface area (TPSA) is 12.0 Å². The molecule has 0 saturated heterocycles. The summed E-state index contributed by atoms with van der Waals surface area (Å²) in [6, 6.07) is 16.3. The van der Waals surface area contributed by atoms with Gasteiger partial charge < -0.3 is 5.32 Å². The Labute approximate surface area is 127 Å². The van der Waals surface area contributed by atoms with Gasteiger partial charge in [-0.2, -0.15) is 0 Å². The first kappa shape index (κ1) is 13.3. The third-order valence-electron chi connectivity index (χ3n) is 5.83. The van der Waals surface area contributed by atoms with Gasteiger partial charge in [-0.1, -0.05) is 55.3 Å². The highest BCUT2D eigenvalue weighted by molar-refractivity contribution is 5.83. The van der Waals surface area contributed by atoms with E-state index in [2.05, 4.69) is 54.8 Å². The van der Waals surface area contributed by atoms with Crippen LogP contribution in [-0.2, 0) is 6.42 Å². The van der Waals surface area contributed by atoms with Gasteiger partial charge in [0.15, 0.2) is 0 Å². The van der Waals surface area contributed by atoms with Crippen molar-refractivity contribution < 1.29 is 0 Å². The molecule has 0 amide bonds. The summed E-state index contributed by atoms with van der Waals surface area (Å²) in [6.45, 7) is 0. The summed E-state index contributed by atoms with van der Waals surface area (Å²) in [7, 11) is 2.15. The molecule has 1 nitrogen and oxygen atoms in total. The van der Waals surface area contributed by atoms with Crippen molar-refractivity contribution in [2.75, 3.05) is 7.05 Å². The summed E-state index contributed by atoms with van der Waals surface area (Å²) < 4.78 is 0. The molecule has 21 heavy (non-hydrogen) atoms. The van der Waals surface area contributed by atoms with Crippen molar-refractivity contribution in [3.63, 3.8) is 0 Å². The molecule has 2 fully saturated rings. The fraction of sp³-hybridized carbons (Fsp3) is 0.500. The number of nitrogens with one attached hydrogen (secondary N) is 1. The Hall–Kier alpha value is -1.34. The van der Waals surface area contributed by atoms with Gasteiger partial charge in [-0.25, -0.2) is 0 Å². The summed E-state index contributed by atoms with van der Waals surface area (Å²) in [4.78, 5) is 0. The van der Waals surface area contributed by atoms with Crippen LogP contribution in [0.15, 0.2) is 42.5 Å². The minimum atomic E-state index is 0.666. The predicted molar refractivity (Wildman–Crippen MR) is 89.4 cm³/mol. The van der Waals surface area contributed by atoms with Gasteiger partial charge >= 0.3 is 0 Å². The lowest BCUT2D eigenvalue weighted by Gasteiger charge is -2.17. The normalized spacial score (nSPS) is 29.1. The summed E-state index contributed by atoms with van der Waals surface area (Å²) in [5, 5.41) is 6.34. The summed E-state index contributed by atoms with van der Waals surface area (Å²) in [6.07, 6.45) is 7.06. The zero-order valence-corrected chi connectivity index (χ0v) is 12.9. The van der Waals surface area contributed by atoms with Crippen LogP contribution in [0.5, 0.6) is 0 Å². The van der Waals surface area contributed by atoms with Crippen LogP contribution >= 0.6 is 0 Å². The first-order chi connectivity index (χ1) is 10.4. The number of rotatable bonds is 4. The van der Waals surface area contributed by atoms with Crippen LogP contribution in [0.3, 0.4) is 0 Å². The fourth-order valence-corrected chi connectivity index (χ4v) is 4.69. The summed E-state index contributed by atoms with van der Waals surface area (Å²) in [5.41, 5.74) is 1.48. The minimum absolute atomic E-state index is 0.666. The molecule has 2 aliphatic carbocycles. The molecule has 1 heteroatoms. The van der Waals surface area contributed by atoms with E-state index >= 15 is 0 Å². The standard InChI is InChI=1S/C20H25N/c1-21-19(20-17-8-4-5-9-18(17)20)13-14-10-11-15-6-2-3-7-16(15)12-14/h2-3,6-7,10-12,17-21H,4-5,8-9,13H2,1H3. The molecule has 2 aromatic rings. The van der Waals surface area contributed by atoms with Crippen LogP contribution in [0.4, 0.5) is 0 Å². The molecule has 2 aliphatic rings. The highest BCUT2D eigenvalue weighted by Crippen LogP contribution is 2.57. The fourth-order valence-electron chi connectivity index (χ4n) is 4.69. The molecule has 0 aromatic heterocycles. The van der Waals surface area contributed by atoms with Crippen molar-refractivity contribution in [3.05, 3.63) is 48.0 Å². The zero-order valence-electron chi connectivity index (χ0n) is 12.9. The molecule has 110 valence electrons. The van der Waals surface area contributed by atoms with Crippen molar-refractivity contribution in [2.45, 2.75) is 38.1 Å². The van der Waals surface area contributed by atoms with E-state index < -0.39 is 0 Å². The van der Waals surface area contributed by atoms with Crippen molar-refractivity contribution in [3.8, 4) is 0 Å². The number of benzene rings is 2. The molecule has 3 atom stereocenters. The van der Waals surface area contributed by atoms with E-state index in [1.165, 1.54) is 48.4 Å². The van der Waals surface area contributed by atoms with Gasteiger partial charge in [0, 0.05) is 6.04 Å². The largest absolute Gasteiger partial charge is 0.316 e. The Balaban J connectivity index is 1.52. The van der Waals surface area contributed by atoms with Gasteiger partial charge in [0.05, 0.1) is 0 Å². The van der Waals surface area contributed by atoms with Gasteiger partial charge in [-0.3, -0.25) is 0 Å². The molecule has 0 radical (unpaired) electrons. The maximum absolute atomic E-state index is 3.62. The SMILES string of the molecule is CNC(Cc1ccc2ccccc2c1)C1C2CCCCC21. The van der Waals surface area contributed by atoms with Gasteiger partial charge in [0.2, 0.25) is 0 Å². The lowest BCUT2D eigenvalue weighted by molar-refractivity contribution is 0.460. The molecule has 0 heterocycles. The lowest BCUT2D eigenvalue weighted by Crippen LogP contribution is -2.31. The maximum Gasteiger partial charge on any atom is 0.0138 e. The van der Waals surface area contributed by atoms with Crippen LogP contribution < -0.4 is 5.32 Å². The molecular formula is C20H25N. The second-order valence-corrected chi connectivity index (χ2v) is 6.97. The number of hydrogen-bond acceptors (Lipinski definition) is 1. The van der Waals surface area contributed by atoms with Crippen molar-refractivity contribution >= 4 is 10.8 Å². The average molecular weight is 279 g/mol. The quantitative estimate of drug-likeness (QED) is 0.874. The van der Waals surface area contributed by atoms with E-state index in [9.17, 15) is 0 Å². The van der Waals surface area contributed by atoms with Crippen molar-refractivity contribution in [1.82, 2.24) is 5.32 Å². The Morgan fingerprint density at radius 1 is 1.00 bits per heavy atom. The second kappa shape index (κ2) is 5.46. The lowest BCUT2D eigenvalue weighted by atomic mass is 9.98. The number of hydrogen-bond donors (Lipinski definition) is 1. The van der Waals surface area contributed by atoms with Crippen LogP contribution in [0, 0.1) is 17.8 Å². The van der Waals surface area contributed by atoms with E-state index in [0.717, 1.165) is 17.8 Å². The Morgan fingerprint density at radius 2 is 1.71 bits per heavy atom. The Kier molecular flexibility index (Phi) is 3.46. The highest BCUT2D eigenvalue weighted by atomic mass is 14.9. The minimum Gasteiger partial charge on any atom is -0.316 e. The van der Waals surface area contributed by atoms with E-state index in [-0.39, 0.29) is 0 Å². The van der Waals surface area contributed by atoms with Crippen molar-refractivity contribution in [1.29, 1.82) is 0 Å². The molecular weight excluding hydrogens is 254 g/mol. The maximum atomic E-state index is 3.62. The van der Waals surface area contributed by atoms with E-state index in [0.29, 0.717) is 6.04 Å². The zero-order chi connectivity index (χ0) is 14.2. The van der Waals surface area contributed by atoms with Gasteiger partial charge in [-0.05, 0) is 60.4 Å². The monoisotopic (exact) mass is 279 g/mol. The molecule has 0 spiro atoms. The Bertz CT molecular complexity index is 621. The van der Waals surface area contributed by atoms with Crippen LogP contribution in [0.1, 0.15) is 31.2 Å². The number of likely N-dealkylation sites (N-methyl/N-ethyl adjacent to an activating group) is 1. The second-order valence-electron chi connectivity index (χ2n) is 6.97. The highest BCUT2D eigenvalue weighted by Gasteiger charge is 2.53. The third-order valence-corrected chi connectivity index (χ3v) is 5.83. The first-order valence-electron chi connectivity index (χ1n) is 8.52. The molecule has 3 unspecified atom stereocenters. The molecule has 4 rings (SSSR count). The smallest absolute Gasteiger partial charge is 0.0138 e. The van der Waals surface area contributed by atoms with Crippen LogP contribution in [-0.4, -0.2) is 13.1 Å². The van der Waals surface area contributed by atoms with Crippen LogP contribution in [0.25, 0.3) is 10.8 Å². The summed E-state index contributed by atoms with van der Waals surface area (Å²) >= 11 is 0. The molecule has 1 N–H and O–H groups in total. The van der Waals surface area contributed by atoms with Gasteiger partial charge in [-0.15, -0.1) is 0 Å². The van der Waals surface area contributed by atoms with Crippen LogP contribution in [0.2, 0.25) is 0 Å². The molecule has 0 aliphatic heterocycles. The van der Waals surface area contributed by atoms with Gasteiger partial charge in [0.1, 0.15) is 0 Å². The number of fused-ring (bicyclic) bond motifs is 2. The molecule has 2 aromatic carbocycles. The average Bonchev–Trinajstić information content (AvgIpc) is 3.27. The first-order valence-corrected chi connectivity index (χ1v) is 8.52. The van der Waals surface area contributed by atoms with Crippen molar-refractivity contribution in [2.24, 2.45) is 17.8 Å². The predicted octanol–water partition coefficient (Wildman–Crippen LogP) is 4.41. The third kappa shape index (κ3) is 2.48. The van der Waals surface area contributed by atoms with E-state index in [1.54, 1.807) is 0 Å². The molecule has 0 bridgehead atoms. The summed E-state index contributed by atoms with van der Waals surface area (Å²) in [5.74, 6) is 2.98. The van der Waals surface area contributed by atoms with Gasteiger partial charge in [0.25, 0.3) is 0 Å². The molecule has 2 saturated carbocycles. The Morgan fingerprint density at radius 3 is 2.43 bits per heavy atom. The van der Waals surface area contributed by atoms with E-state index in [1.807, 2.05) is 0 Å². The van der Waals surface area contributed by atoms with E-state index in [4.69, 9.17) is 0 Å².